The fourth-order valence-electron chi connectivity index (χ4n) is 2.78. The number of pyridine rings is 1. The number of hydrogen-bond donors (Lipinski definition) is 2. The summed E-state index contributed by atoms with van der Waals surface area (Å²) >= 11 is 0. The van der Waals surface area contributed by atoms with Gasteiger partial charge < -0.3 is 9.84 Å². The molecule has 1 saturated carbocycles. The zero-order valence-electron chi connectivity index (χ0n) is 13.8. The fraction of sp³-hybridized carbons (Fsp3) is 0.600. The summed E-state index contributed by atoms with van der Waals surface area (Å²) < 4.78 is 33.0. The molecule has 1 fully saturated rings. The largest absolute Gasteiger partial charge is 0.492 e. The highest BCUT2D eigenvalue weighted by Crippen LogP contribution is 2.29. The van der Waals surface area contributed by atoms with Crippen molar-refractivity contribution in [1.29, 1.82) is 0 Å². The maximum absolute atomic E-state index is 12.5. The van der Waals surface area contributed by atoms with Gasteiger partial charge in [0.25, 0.3) is 0 Å². The summed E-state index contributed by atoms with van der Waals surface area (Å²) in [6, 6.07) is 1.39. The van der Waals surface area contributed by atoms with Gasteiger partial charge in [-0.3, -0.25) is 14.7 Å². The van der Waals surface area contributed by atoms with Crippen molar-refractivity contribution in [2.45, 2.75) is 43.7 Å². The summed E-state index contributed by atoms with van der Waals surface area (Å²) in [7, 11) is -3.72. The highest BCUT2D eigenvalue weighted by Gasteiger charge is 2.37. The van der Waals surface area contributed by atoms with E-state index in [4.69, 9.17) is 9.84 Å². The Balaban J connectivity index is 1.99. The Bertz CT molecular complexity index is 673. The molecule has 1 aliphatic carbocycles. The molecule has 0 spiro atoms. The highest BCUT2D eigenvalue weighted by atomic mass is 32.2. The third-order valence-electron chi connectivity index (χ3n) is 4.03. The summed E-state index contributed by atoms with van der Waals surface area (Å²) in [6.45, 7) is 4.62. The molecule has 24 heavy (non-hydrogen) atoms. The van der Waals surface area contributed by atoms with Gasteiger partial charge in [-0.05, 0) is 32.4 Å². The second-order valence-electron chi connectivity index (χ2n) is 5.66. The average Bonchev–Trinajstić information content (AvgIpc) is 2.49. The highest BCUT2D eigenvalue weighted by molar-refractivity contribution is 7.89. The lowest BCUT2D eigenvalue weighted by molar-refractivity contribution is -0.139. The van der Waals surface area contributed by atoms with E-state index in [0.29, 0.717) is 26.0 Å². The van der Waals surface area contributed by atoms with Crippen LogP contribution in [-0.4, -0.2) is 61.2 Å². The van der Waals surface area contributed by atoms with E-state index in [1.54, 1.807) is 6.92 Å². The Labute approximate surface area is 141 Å². The normalized spacial score (nSPS) is 20.6. The van der Waals surface area contributed by atoms with E-state index in [1.807, 2.05) is 11.8 Å². The Hall–Kier alpha value is -1.71. The molecule has 1 aliphatic rings. The van der Waals surface area contributed by atoms with E-state index in [9.17, 15) is 13.2 Å². The third-order valence-corrected chi connectivity index (χ3v) is 5.56. The SMILES string of the molecule is CCOc1ccncc1S(=O)(=O)NC1CC(N(CC)CC(=O)O)C1. The van der Waals surface area contributed by atoms with E-state index >= 15 is 0 Å². The number of hydrogen-bond acceptors (Lipinski definition) is 6. The van der Waals surface area contributed by atoms with Gasteiger partial charge in [0.1, 0.15) is 10.6 Å². The number of carboxylic acid groups (broad SMARTS) is 1. The van der Waals surface area contributed by atoms with Gasteiger partial charge in [-0.15, -0.1) is 0 Å². The van der Waals surface area contributed by atoms with Crippen LogP contribution in [0.3, 0.4) is 0 Å². The zero-order chi connectivity index (χ0) is 17.7. The zero-order valence-corrected chi connectivity index (χ0v) is 14.6. The summed E-state index contributed by atoms with van der Waals surface area (Å²) in [5, 5.41) is 8.89. The number of aliphatic carboxylic acids is 1. The van der Waals surface area contributed by atoms with Crippen molar-refractivity contribution in [2.75, 3.05) is 19.7 Å². The van der Waals surface area contributed by atoms with E-state index in [-0.39, 0.29) is 29.3 Å². The van der Waals surface area contributed by atoms with Gasteiger partial charge in [0.2, 0.25) is 10.0 Å². The van der Waals surface area contributed by atoms with Crippen LogP contribution in [0.15, 0.2) is 23.4 Å². The number of carboxylic acids is 1. The van der Waals surface area contributed by atoms with Crippen LogP contribution in [0.1, 0.15) is 26.7 Å². The van der Waals surface area contributed by atoms with Crippen LogP contribution < -0.4 is 9.46 Å². The molecule has 0 aromatic carbocycles. The minimum Gasteiger partial charge on any atom is -0.492 e. The van der Waals surface area contributed by atoms with E-state index in [1.165, 1.54) is 18.5 Å². The number of likely N-dealkylation sites (N-methyl/N-ethyl adjacent to an activating group) is 1. The average molecular weight is 357 g/mol. The predicted octanol–water partition coefficient (Wildman–Crippen LogP) is 0.696. The fourth-order valence-corrected chi connectivity index (χ4v) is 4.13. The van der Waals surface area contributed by atoms with Gasteiger partial charge in [-0.2, -0.15) is 0 Å². The Morgan fingerprint density at radius 1 is 1.46 bits per heavy atom. The first-order valence-corrected chi connectivity index (χ1v) is 9.40. The quantitative estimate of drug-likeness (QED) is 0.669. The van der Waals surface area contributed by atoms with Gasteiger partial charge in [-0.1, -0.05) is 6.92 Å². The van der Waals surface area contributed by atoms with Crippen molar-refractivity contribution in [1.82, 2.24) is 14.6 Å². The molecular weight excluding hydrogens is 334 g/mol. The van der Waals surface area contributed by atoms with Crippen molar-refractivity contribution in [2.24, 2.45) is 0 Å². The van der Waals surface area contributed by atoms with Gasteiger partial charge in [-0.25, -0.2) is 13.1 Å². The molecule has 2 N–H and O–H groups in total. The van der Waals surface area contributed by atoms with Crippen LogP contribution in [0.5, 0.6) is 5.75 Å². The number of nitrogens with zero attached hydrogens (tertiary/aromatic N) is 2. The maximum atomic E-state index is 12.5. The number of carbonyl (C=O) groups is 1. The number of rotatable bonds is 9. The van der Waals surface area contributed by atoms with Crippen molar-refractivity contribution in [3.05, 3.63) is 18.5 Å². The topological polar surface area (TPSA) is 109 Å². The number of sulfonamides is 1. The molecule has 2 rings (SSSR count). The monoisotopic (exact) mass is 357 g/mol. The molecule has 0 radical (unpaired) electrons. The van der Waals surface area contributed by atoms with Crippen molar-refractivity contribution < 1.29 is 23.1 Å². The molecular formula is C15H23N3O5S. The maximum Gasteiger partial charge on any atom is 0.317 e. The van der Waals surface area contributed by atoms with Crippen LogP contribution in [0.25, 0.3) is 0 Å². The Morgan fingerprint density at radius 3 is 2.75 bits per heavy atom. The first kappa shape index (κ1) is 18.6. The standard InChI is InChI=1S/C15H23N3O5S/c1-3-18(10-15(19)20)12-7-11(8-12)17-24(21,22)14-9-16-6-5-13(14)23-4-2/h5-6,9,11-12,17H,3-4,7-8,10H2,1-2H3,(H,19,20). The molecule has 9 heteroatoms. The van der Waals surface area contributed by atoms with Gasteiger partial charge in [0.05, 0.1) is 19.3 Å². The smallest absolute Gasteiger partial charge is 0.317 e. The summed E-state index contributed by atoms with van der Waals surface area (Å²) in [5.41, 5.74) is 0. The minimum absolute atomic E-state index is 0.0215. The predicted molar refractivity (Wildman–Crippen MR) is 87.4 cm³/mol. The molecule has 1 aromatic heterocycles. The number of nitrogens with one attached hydrogen (secondary N) is 1. The first-order valence-electron chi connectivity index (χ1n) is 7.92. The van der Waals surface area contributed by atoms with Crippen LogP contribution in [-0.2, 0) is 14.8 Å². The van der Waals surface area contributed by atoms with Gasteiger partial charge >= 0.3 is 5.97 Å². The third kappa shape index (κ3) is 4.43. The number of ether oxygens (including phenoxy) is 1. The Kier molecular flexibility index (Phi) is 6.14. The molecule has 0 aliphatic heterocycles. The molecule has 134 valence electrons. The van der Waals surface area contributed by atoms with Crippen molar-refractivity contribution >= 4 is 16.0 Å². The minimum atomic E-state index is -3.72. The molecule has 0 unspecified atom stereocenters. The molecule has 1 aromatic rings. The second-order valence-corrected chi connectivity index (χ2v) is 7.34. The lowest BCUT2D eigenvalue weighted by atomic mass is 9.86. The lowest BCUT2D eigenvalue weighted by Crippen LogP contribution is -2.54. The van der Waals surface area contributed by atoms with E-state index in [2.05, 4.69) is 9.71 Å². The van der Waals surface area contributed by atoms with E-state index < -0.39 is 16.0 Å². The molecule has 0 bridgehead atoms. The van der Waals surface area contributed by atoms with Crippen LogP contribution in [0, 0.1) is 0 Å². The molecule has 0 atom stereocenters. The van der Waals surface area contributed by atoms with E-state index in [0.717, 1.165) is 0 Å². The van der Waals surface area contributed by atoms with Crippen LogP contribution in [0.2, 0.25) is 0 Å². The summed E-state index contributed by atoms with van der Waals surface area (Å²) in [4.78, 5) is 16.6. The molecule has 0 amide bonds. The summed E-state index contributed by atoms with van der Waals surface area (Å²) in [5.74, 6) is -0.602. The van der Waals surface area contributed by atoms with Crippen LogP contribution >= 0.6 is 0 Å². The van der Waals surface area contributed by atoms with Crippen molar-refractivity contribution in [3.8, 4) is 5.75 Å². The van der Waals surface area contributed by atoms with Gasteiger partial charge in [0.15, 0.2) is 0 Å². The number of aromatic nitrogens is 1. The van der Waals surface area contributed by atoms with Gasteiger partial charge in [0, 0.05) is 18.3 Å². The molecule has 0 saturated heterocycles. The Morgan fingerprint density at radius 2 is 2.17 bits per heavy atom. The first-order chi connectivity index (χ1) is 11.4. The summed E-state index contributed by atoms with van der Waals surface area (Å²) in [6.07, 6.45) is 3.93. The second kappa shape index (κ2) is 7.91. The van der Waals surface area contributed by atoms with Crippen LogP contribution in [0.4, 0.5) is 0 Å². The molecule has 1 heterocycles. The van der Waals surface area contributed by atoms with Crippen molar-refractivity contribution in [3.63, 3.8) is 0 Å². The lowest BCUT2D eigenvalue weighted by Gasteiger charge is -2.42. The molecule has 8 nitrogen and oxygen atoms in total.